The molecule has 0 aliphatic rings. The van der Waals surface area contributed by atoms with Gasteiger partial charge in [0.25, 0.3) is 0 Å². The molecule has 534 valence electrons. The molecule has 0 aliphatic carbocycles. The maximum absolute atomic E-state index is 14.1. The molecule has 98 heavy (non-hydrogen) atoms. The van der Waals surface area contributed by atoms with E-state index >= 15 is 0 Å². The van der Waals surface area contributed by atoms with Gasteiger partial charge < -0.3 is 35.8 Å². The number of likely N-dealkylation sites (N-methyl/N-ethyl adjacent to an activating group) is 2. The first-order valence-electron chi connectivity index (χ1n) is 34.1. The lowest BCUT2D eigenvalue weighted by atomic mass is 9.84. The zero-order valence-electron chi connectivity index (χ0n) is 60.7. The molecular weight excluding hydrogens is 1270 g/mol. The highest BCUT2D eigenvalue weighted by atomic mass is 32.2. The molecule has 0 aliphatic heterocycles. The quantitative estimate of drug-likeness (QED) is 0.0307. The minimum absolute atomic E-state index is 0. The summed E-state index contributed by atoms with van der Waals surface area (Å²) in [5.41, 5.74) is 11.1. The number of hydrogen-bond acceptors (Lipinski definition) is 13. The number of rotatable bonds is 30. The summed E-state index contributed by atoms with van der Waals surface area (Å²) in [5.74, 6) is -2.37. The fourth-order valence-electron chi connectivity index (χ4n) is 10.8. The van der Waals surface area contributed by atoms with Crippen LogP contribution in [-0.2, 0) is 47.7 Å². The zero-order chi connectivity index (χ0) is 73.2. The van der Waals surface area contributed by atoms with Gasteiger partial charge in [-0.05, 0) is 101 Å². The Morgan fingerprint density at radius 1 is 0.490 bits per heavy atom. The average molecular weight is 1380 g/mol. The van der Waals surface area contributed by atoms with E-state index in [0.717, 1.165) is 38.3 Å². The van der Waals surface area contributed by atoms with E-state index in [2.05, 4.69) is 83.4 Å². The second-order valence-corrected chi connectivity index (χ2v) is 27.7. The molecule has 5 N–H and O–H groups in total. The molecule has 6 rings (SSSR count). The van der Waals surface area contributed by atoms with Gasteiger partial charge >= 0.3 is 18.2 Å². The van der Waals surface area contributed by atoms with Gasteiger partial charge in [0, 0.05) is 53.3 Å². The van der Waals surface area contributed by atoms with Crippen LogP contribution in [0.25, 0.3) is 0 Å². The Kier molecular flexibility index (Phi) is 36.7. The van der Waals surface area contributed by atoms with E-state index < -0.39 is 74.9 Å². The number of thioether (sulfide) groups is 2. The predicted octanol–water partition coefficient (Wildman–Crippen LogP) is 16.0. The Labute approximate surface area is 595 Å². The number of carboxylic acid groups (broad SMARTS) is 1. The van der Waals surface area contributed by atoms with Crippen LogP contribution >= 0.6 is 23.5 Å². The molecule has 0 aromatic heterocycles. The van der Waals surface area contributed by atoms with E-state index in [1.54, 1.807) is 99.9 Å². The number of aliphatic carboxylic acids is 1. The smallest absolute Gasteiger partial charge is 0.410 e. The number of amides is 4. The third-order valence-electron chi connectivity index (χ3n) is 16.0. The Bertz CT molecular complexity index is 3190. The van der Waals surface area contributed by atoms with Crippen LogP contribution in [0.1, 0.15) is 177 Å². The van der Waals surface area contributed by atoms with Crippen molar-refractivity contribution in [1.29, 1.82) is 0 Å². The Hall–Kier alpha value is -8.06. The molecule has 18 heteroatoms. The summed E-state index contributed by atoms with van der Waals surface area (Å²) in [5, 5.41) is 14.5. The van der Waals surface area contributed by atoms with Crippen molar-refractivity contribution < 1.29 is 54.3 Å². The lowest BCUT2D eigenvalue weighted by molar-refractivity contribution is -0.142. The number of hydrogen-bond donors (Lipinski definition) is 4. The molecular formula is C80H111N5O11S2. The molecule has 6 aromatic rings. The highest BCUT2D eigenvalue weighted by Crippen LogP contribution is 2.51. The third kappa shape index (κ3) is 25.3. The zero-order valence-corrected chi connectivity index (χ0v) is 61.3. The minimum atomic E-state index is -1.02. The molecule has 0 saturated carbocycles. The maximum Gasteiger partial charge on any atom is 0.410 e. The number of carboxylic acids is 1. The molecule has 0 heterocycles. The van der Waals surface area contributed by atoms with E-state index in [0.29, 0.717) is 44.8 Å². The Morgan fingerprint density at radius 2 is 0.786 bits per heavy atom. The van der Waals surface area contributed by atoms with Crippen LogP contribution in [0.2, 0.25) is 0 Å². The van der Waals surface area contributed by atoms with E-state index in [1.165, 1.54) is 11.9 Å². The van der Waals surface area contributed by atoms with E-state index in [9.17, 15) is 38.4 Å². The topological polar surface area (TPSA) is 232 Å². The number of nitrogens with one attached hydrogen (secondary N) is 2. The van der Waals surface area contributed by atoms with E-state index in [-0.39, 0.29) is 55.2 Å². The van der Waals surface area contributed by atoms with E-state index in [1.807, 2.05) is 130 Å². The van der Waals surface area contributed by atoms with Gasteiger partial charge in [0.05, 0.1) is 39.5 Å². The standard InChI is InChI=1S/C39H50N2O5S.C28H32N2O2S.C10H19NO4.C2H6.CH4/c1-8-32(34(42)10-3)40-36(44)28(26-35(43)33(9-2)41(7)37(45)46-38(4,5)6)27-47-39(29-20-14-11-15-21-29,30-22-16-12-17-23-30)31-24-18-13-19-25-31;1-3-25(29)26(31)19-21(27(32)30-2)20-33-28(22-13-7-4-8-14-22,23-15-9-5-10-16-23)24-17-11-6-12-18-24;1-6-7(8(12)13)11(5)9(14)15-10(2,3)4;1-2;/h11-25,28,32-33H,8-10,26-27H2,1-7H3,(H,40,44);4-18,21,25H,3,19-20,29H2,1-2H3,(H,30,32);7H,6H2,1-5H3,(H,12,13);1-2H3;1H4/t28-,32-,33-;21-,25-;7-;;/m000../s1/i;;;1D;. The van der Waals surface area contributed by atoms with Crippen molar-refractivity contribution in [2.24, 2.45) is 17.6 Å². The Balaban J connectivity index is 0.000000553. The number of ketones is 3. The van der Waals surface area contributed by atoms with Gasteiger partial charge in [0.2, 0.25) is 11.8 Å². The fourth-order valence-corrected chi connectivity index (χ4v) is 14.1. The predicted molar refractivity (Wildman–Crippen MR) is 401 cm³/mol. The molecule has 0 bridgehead atoms. The molecule has 0 spiro atoms. The molecule has 16 nitrogen and oxygen atoms in total. The van der Waals surface area contributed by atoms with Crippen LogP contribution < -0.4 is 16.4 Å². The van der Waals surface area contributed by atoms with Crippen molar-refractivity contribution in [3.05, 3.63) is 215 Å². The van der Waals surface area contributed by atoms with Crippen LogP contribution in [0.3, 0.4) is 0 Å². The summed E-state index contributed by atoms with van der Waals surface area (Å²) < 4.78 is 15.6. The van der Waals surface area contributed by atoms with Crippen molar-refractivity contribution in [2.75, 3.05) is 32.6 Å². The SMILES string of the molecule is C.CCC(=O)[C@H](CC)NC(=O)[C@H](CSC(c1ccccc1)(c1ccccc1)c1ccccc1)CC(=O)[C@H](CC)N(C)C(=O)OC(C)(C)C.CC[C@@H](C(=O)O)N(C)C(=O)OC(C)(C)C.CC[C@H](N)C(=O)C[C@@H](CSC(c1ccccc1)(c1ccccc1)c1ccccc1)C(=O)NC.[2H]CC. The van der Waals surface area contributed by atoms with Crippen LogP contribution in [0.4, 0.5) is 9.59 Å². The van der Waals surface area contributed by atoms with Crippen molar-refractivity contribution in [3.63, 3.8) is 0 Å². The summed E-state index contributed by atoms with van der Waals surface area (Å²) in [4.78, 5) is 104. The summed E-state index contributed by atoms with van der Waals surface area (Å²) in [6, 6.07) is 58.7. The van der Waals surface area contributed by atoms with E-state index in [4.69, 9.17) is 21.7 Å². The second kappa shape index (κ2) is 42.7. The maximum atomic E-state index is 14.1. The first-order valence-corrected chi connectivity index (χ1v) is 35.4. The summed E-state index contributed by atoms with van der Waals surface area (Å²) in [6.45, 7) is 21.9. The van der Waals surface area contributed by atoms with Gasteiger partial charge in [-0.15, -0.1) is 23.5 Å². The summed E-state index contributed by atoms with van der Waals surface area (Å²) in [6.07, 6.45) is 0.859. The summed E-state index contributed by atoms with van der Waals surface area (Å²) in [7, 11) is 4.60. The van der Waals surface area contributed by atoms with Crippen molar-refractivity contribution in [1.82, 2.24) is 20.4 Å². The highest BCUT2D eigenvalue weighted by molar-refractivity contribution is 8.00. The molecule has 0 unspecified atom stereocenters. The number of Topliss-reactive ketones (excluding diaryl/α,β-unsaturated/α-hetero) is 3. The Morgan fingerprint density at radius 3 is 1.04 bits per heavy atom. The fraction of sp³-hybridized carbons (Fsp3) is 0.450. The van der Waals surface area contributed by atoms with Crippen LogP contribution in [-0.4, -0.2) is 130 Å². The number of ether oxygens (including phenoxy) is 2. The average Bonchev–Trinajstić information content (AvgIpc) is 0.764. The van der Waals surface area contributed by atoms with Gasteiger partial charge in [0.15, 0.2) is 11.6 Å². The van der Waals surface area contributed by atoms with Crippen molar-refractivity contribution in [3.8, 4) is 0 Å². The van der Waals surface area contributed by atoms with Crippen LogP contribution in [0, 0.1) is 11.8 Å². The molecule has 0 fully saturated rings. The van der Waals surface area contributed by atoms with Gasteiger partial charge in [-0.25, -0.2) is 14.4 Å². The van der Waals surface area contributed by atoms with Gasteiger partial charge in [-0.1, -0.05) is 238 Å². The third-order valence-corrected chi connectivity index (χ3v) is 19.4. The molecule has 0 radical (unpaired) electrons. The van der Waals surface area contributed by atoms with Crippen LogP contribution in [0.5, 0.6) is 0 Å². The number of carbonyl (C=O) groups is 8. The monoisotopic (exact) mass is 1380 g/mol. The van der Waals surface area contributed by atoms with Crippen molar-refractivity contribution in [2.45, 2.75) is 187 Å². The second-order valence-electron chi connectivity index (χ2n) is 25.2. The lowest BCUT2D eigenvalue weighted by Crippen LogP contribution is -2.47. The minimum Gasteiger partial charge on any atom is -0.480 e. The normalized spacial score (nSPS) is 13.2. The van der Waals surface area contributed by atoms with Crippen molar-refractivity contribution >= 4 is 70.8 Å². The first kappa shape index (κ1) is 84.2. The molecule has 6 aromatic carbocycles. The lowest BCUT2D eigenvalue weighted by Gasteiger charge is -2.37. The largest absolute Gasteiger partial charge is 0.480 e. The summed E-state index contributed by atoms with van der Waals surface area (Å²) >= 11 is 3.28. The van der Waals surface area contributed by atoms with Gasteiger partial charge in [0.1, 0.15) is 23.0 Å². The number of nitrogens with zero attached hydrogens (tertiary/aromatic N) is 2. The first-order chi connectivity index (χ1) is 46.5. The molecule has 6 atom stereocenters. The number of benzene rings is 6. The number of carbonyl (C=O) groups excluding carboxylic acids is 7. The van der Waals surface area contributed by atoms with Crippen LogP contribution in [0.15, 0.2) is 182 Å². The number of nitrogens with two attached hydrogens (primary N) is 1. The molecule has 4 amide bonds. The highest BCUT2D eigenvalue weighted by Gasteiger charge is 2.42. The molecule has 0 saturated heterocycles. The van der Waals surface area contributed by atoms with Gasteiger partial charge in [-0.2, -0.15) is 0 Å². The van der Waals surface area contributed by atoms with Gasteiger partial charge in [-0.3, -0.25) is 28.9 Å².